The Morgan fingerprint density at radius 2 is 1.81 bits per heavy atom. The molecule has 0 fully saturated rings. The van der Waals surface area contributed by atoms with E-state index >= 15 is 0 Å². The summed E-state index contributed by atoms with van der Waals surface area (Å²) < 4.78 is 2.32. The van der Waals surface area contributed by atoms with Gasteiger partial charge in [-0.3, -0.25) is 0 Å². The number of hydrogen-bond acceptors (Lipinski definition) is 2. The Balaban J connectivity index is 1.53. The summed E-state index contributed by atoms with van der Waals surface area (Å²) in [5.74, 6) is 0. The van der Waals surface area contributed by atoms with E-state index in [-0.39, 0.29) is 0 Å². The normalized spacial score (nSPS) is 10.9. The molecule has 0 aliphatic heterocycles. The van der Waals surface area contributed by atoms with Gasteiger partial charge in [0.15, 0.2) is 5.11 Å². The van der Waals surface area contributed by atoms with E-state index in [9.17, 15) is 0 Å². The van der Waals surface area contributed by atoms with Crippen molar-refractivity contribution in [3.63, 3.8) is 0 Å². The van der Waals surface area contributed by atoms with E-state index in [1.807, 2.05) is 12.1 Å². The van der Waals surface area contributed by atoms with Gasteiger partial charge in [0.2, 0.25) is 0 Å². The van der Waals surface area contributed by atoms with Crippen molar-refractivity contribution in [1.29, 1.82) is 0 Å². The van der Waals surface area contributed by atoms with Crippen LogP contribution < -0.4 is 5.32 Å². The minimum Gasteiger partial charge on any atom is -0.345 e. The molecule has 3 aromatic carbocycles. The summed E-state index contributed by atoms with van der Waals surface area (Å²) in [6.45, 7) is 6.68. The molecule has 0 aliphatic rings. The lowest BCUT2D eigenvalue weighted by Crippen LogP contribution is -2.36. The Kier molecular flexibility index (Phi) is 9.13. The van der Waals surface area contributed by atoms with Crippen LogP contribution in [0.25, 0.3) is 0 Å². The van der Waals surface area contributed by atoms with Crippen LogP contribution in [-0.4, -0.2) is 27.4 Å². The standard InChI is InChI=1S/C30H32ClN3S2/c1-22-9-12-25(23(2)18-22)20-33-16-5-7-28(33)21-34(17-15-24-10-13-26(31)14-11-24)30(35)32-27-6-4-8-29(19-27)36-3/h4-14,16,18-19H,15,17,20-21H2,1-3H3,(H,32,35). The first-order valence-electron chi connectivity index (χ1n) is 12.1. The van der Waals surface area contributed by atoms with Gasteiger partial charge >= 0.3 is 0 Å². The van der Waals surface area contributed by atoms with E-state index in [1.165, 1.54) is 32.8 Å². The number of benzene rings is 3. The number of thioether (sulfide) groups is 1. The molecule has 36 heavy (non-hydrogen) atoms. The third-order valence-electron chi connectivity index (χ3n) is 6.31. The summed E-state index contributed by atoms with van der Waals surface area (Å²) in [5, 5.41) is 4.95. The topological polar surface area (TPSA) is 20.2 Å². The van der Waals surface area contributed by atoms with Gasteiger partial charge in [0, 0.05) is 40.6 Å². The number of aryl methyl sites for hydroxylation is 2. The van der Waals surface area contributed by atoms with Gasteiger partial charge in [-0.25, -0.2) is 0 Å². The lowest BCUT2D eigenvalue weighted by atomic mass is 10.1. The second-order valence-electron chi connectivity index (χ2n) is 9.02. The zero-order valence-corrected chi connectivity index (χ0v) is 23.4. The molecule has 4 aromatic rings. The summed E-state index contributed by atoms with van der Waals surface area (Å²) in [7, 11) is 0. The number of nitrogens with one attached hydrogen (secondary N) is 1. The van der Waals surface area contributed by atoms with Crippen LogP contribution >= 0.6 is 35.6 Å². The Morgan fingerprint density at radius 1 is 1.00 bits per heavy atom. The molecule has 0 saturated carbocycles. The second kappa shape index (κ2) is 12.5. The second-order valence-corrected chi connectivity index (χ2v) is 10.7. The average Bonchev–Trinajstić information content (AvgIpc) is 3.31. The Bertz CT molecular complexity index is 1310. The van der Waals surface area contributed by atoms with Crippen LogP contribution in [0, 0.1) is 13.8 Å². The highest BCUT2D eigenvalue weighted by molar-refractivity contribution is 7.98. The van der Waals surface area contributed by atoms with Gasteiger partial charge in [0.1, 0.15) is 0 Å². The van der Waals surface area contributed by atoms with Crippen LogP contribution in [0.15, 0.2) is 90.0 Å². The number of halogens is 1. The van der Waals surface area contributed by atoms with Crippen LogP contribution in [0.3, 0.4) is 0 Å². The fraction of sp³-hybridized carbons (Fsp3) is 0.233. The maximum absolute atomic E-state index is 6.09. The highest BCUT2D eigenvalue weighted by atomic mass is 35.5. The minimum atomic E-state index is 0.722. The van der Waals surface area contributed by atoms with Crippen LogP contribution in [0.1, 0.15) is 27.9 Å². The predicted octanol–water partition coefficient (Wildman–Crippen LogP) is 7.97. The molecule has 1 aromatic heterocycles. The van der Waals surface area contributed by atoms with Gasteiger partial charge in [-0.05, 0) is 97.9 Å². The quantitative estimate of drug-likeness (QED) is 0.174. The molecular weight excluding hydrogens is 502 g/mol. The van der Waals surface area contributed by atoms with Crippen molar-refractivity contribution in [3.05, 3.63) is 118 Å². The average molecular weight is 534 g/mol. The van der Waals surface area contributed by atoms with Crippen molar-refractivity contribution in [2.45, 2.75) is 38.3 Å². The van der Waals surface area contributed by atoms with Crippen molar-refractivity contribution < 1.29 is 0 Å². The van der Waals surface area contributed by atoms with Crippen molar-refractivity contribution in [1.82, 2.24) is 9.47 Å². The number of anilines is 1. The smallest absolute Gasteiger partial charge is 0.173 e. The summed E-state index contributed by atoms with van der Waals surface area (Å²) in [6, 6.07) is 27.4. The highest BCUT2D eigenvalue weighted by Crippen LogP contribution is 2.21. The maximum Gasteiger partial charge on any atom is 0.173 e. The van der Waals surface area contributed by atoms with Gasteiger partial charge in [0.05, 0.1) is 6.54 Å². The number of aromatic nitrogens is 1. The summed E-state index contributed by atoms with van der Waals surface area (Å²) >= 11 is 13.7. The molecule has 0 spiro atoms. The third kappa shape index (κ3) is 7.16. The molecule has 186 valence electrons. The van der Waals surface area contributed by atoms with Crippen molar-refractivity contribution >= 4 is 46.4 Å². The fourth-order valence-electron chi connectivity index (χ4n) is 4.22. The first-order chi connectivity index (χ1) is 17.4. The lowest BCUT2D eigenvalue weighted by molar-refractivity contribution is 0.409. The van der Waals surface area contributed by atoms with Gasteiger partial charge in [-0.2, -0.15) is 0 Å². The van der Waals surface area contributed by atoms with Gasteiger partial charge < -0.3 is 14.8 Å². The third-order valence-corrected chi connectivity index (χ3v) is 7.64. The van der Waals surface area contributed by atoms with E-state index < -0.39 is 0 Å². The molecule has 0 saturated heterocycles. The molecule has 0 atom stereocenters. The van der Waals surface area contributed by atoms with E-state index in [4.69, 9.17) is 23.8 Å². The number of hydrogen-bond donors (Lipinski definition) is 1. The van der Waals surface area contributed by atoms with E-state index in [1.54, 1.807) is 11.8 Å². The van der Waals surface area contributed by atoms with E-state index in [0.29, 0.717) is 0 Å². The molecule has 0 amide bonds. The van der Waals surface area contributed by atoms with Crippen molar-refractivity contribution in [2.75, 3.05) is 18.1 Å². The Morgan fingerprint density at radius 3 is 2.56 bits per heavy atom. The largest absolute Gasteiger partial charge is 0.345 e. The zero-order valence-electron chi connectivity index (χ0n) is 21.0. The molecule has 3 nitrogen and oxygen atoms in total. The molecule has 1 N–H and O–H groups in total. The number of nitrogens with zero attached hydrogens (tertiary/aromatic N) is 2. The SMILES string of the molecule is CSc1cccc(NC(=S)N(CCc2ccc(Cl)cc2)Cc2cccn2Cc2ccc(C)cc2C)c1. The predicted molar refractivity (Wildman–Crippen MR) is 159 cm³/mol. The lowest BCUT2D eigenvalue weighted by Gasteiger charge is -2.27. The van der Waals surface area contributed by atoms with Crippen molar-refractivity contribution in [2.24, 2.45) is 0 Å². The first kappa shape index (κ1) is 26.3. The Labute approximate surface area is 229 Å². The number of rotatable bonds is 9. The monoisotopic (exact) mass is 533 g/mol. The van der Waals surface area contributed by atoms with E-state index in [2.05, 4.69) is 108 Å². The van der Waals surface area contributed by atoms with Gasteiger partial charge in [-0.1, -0.05) is 53.6 Å². The summed E-state index contributed by atoms with van der Waals surface area (Å²) in [5.41, 5.74) is 7.42. The first-order valence-corrected chi connectivity index (χ1v) is 14.1. The maximum atomic E-state index is 6.09. The highest BCUT2D eigenvalue weighted by Gasteiger charge is 2.14. The van der Waals surface area contributed by atoms with Crippen LogP contribution in [0.2, 0.25) is 5.02 Å². The molecule has 6 heteroatoms. The zero-order chi connectivity index (χ0) is 25.5. The van der Waals surface area contributed by atoms with Gasteiger partial charge in [-0.15, -0.1) is 11.8 Å². The van der Waals surface area contributed by atoms with Crippen LogP contribution in [0.5, 0.6) is 0 Å². The molecule has 0 radical (unpaired) electrons. The molecule has 1 heterocycles. The molecular formula is C30H32ClN3S2. The summed E-state index contributed by atoms with van der Waals surface area (Å²) in [6.07, 6.45) is 5.12. The summed E-state index contributed by atoms with van der Waals surface area (Å²) in [4.78, 5) is 3.46. The van der Waals surface area contributed by atoms with Crippen LogP contribution in [0.4, 0.5) is 5.69 Å². The minimum absolute atomic E-state index is 0.722. The van der Waals surface area contributed by atoms with Gasteiger partial charge in [0.25, 0.3) is 0 Å². The molecule has 4 rings (SSSR count). The number of thiocarbonyl (C=S) groups is 1. The van der Waals surface area contributed by atoms with E-state index in [0.717, 1.165) is 41.9 Å². The fourth-order valence-corrected chi connectivity index (χ4v) is 5.08. The molecule has 0 unspecified atom stereocenters. The van der Waals surface area contributed by atoms with Crippen molar-refractivity contribution in [3.8, 4) is 0 Å². The molecule has 0 aliphatic carbocycles. The Hall–Kier alpha value is -2.73. The molecule has 0 bridgehead atoms. The van der Waals surface area contributed by atoms with Crippen LogP contribution in [-0.2, 0) is 19.5 Å².